The standard InChI is InChI=1S/C9H10BrF3N2O2S/c10-3-5-15(7-9(11,12)13)18(16,17)8-2-1-4-14-6-8/h1-2,4,6H,3,5,7H2. The van der Waals surface area contributed by atoms with E-state index in [1.165, 1.54) is 18.3 Å². The Labute approximate surface area is 111 Å². The third kappa shape index (κ3) is 4.21. The van der Waals surface area contributed by atoms with Gasteiger partial charge in [0.15, 0.2) is 0 Å². The van der Waals surface area contributed by atoms with Gasteiger partial charge in [0.25, 0.3) is 0 Å². The Bertz CT molecular complexity index is 478. The van der Waals surface area contributed by atoms with Crippen LogP contribution in [-0.2, 0) is 10.0 Å². The number of pyridine rings is 1. The molecule has 1 heterocycles. The molecule has 0 aliphatic carbocycles. The molecule has 1 rings (SSSR count). The van der Waals surface area contributed by atoms with Crippen LogP contribution in [0, 0.1) is 0 Å². The van der Waals surface area contributed by atoms with Gasteiger partial charge in [-0.3, -0.25) is 4.98 Å². The Hall–Kier alpha value is -0.670. The fourth-order valence-corrected chi connectivity index (χ4v) is 3.28. The maximum Gasteiger partial charge on any atom is 0.402 e. The topological polar surface area (TPSA) is 50.3 Å². The third-order valence-corrected chi connectivity index (χ3v) is 4.15. The van der Waals surface area contributed by atoms with Crippen molar-refractivity contribution in [1.29, 1.82) is 0 Å². The molecular weight excluding hydrogens is 337 g/mol. The van der Waals surface area contributed by atoms with Crippen LogP contribution < -0.4 is 0 Å². The van der Waals surface area contributed by atoms with E-state index >= 15 is 0 Å². The number of aromatic nitrogens is 1. The summed E-state index contributed by atoms with van der Waals surface area (Å²) >= 11 is 2.93. The highest BCUT2D eigenvalue weighted by molar-refractivity contribution is 9.09. The van der Waals surface area contributed by atoms with Gasteiger partial charge < -0.3 is 0 Å². The first-order valence-corrected chi connectivity index (χ1v) is 7.36. The van der Waals surface area contributed by atoms with E-state index in [1.807, 2.05) is 0 Å². The minimum atomic E-state index is -4.59. The van der Waals surface area contributed by atoms with E-state index in [0.717, 1.165) is 6.20 Å². The zero-order valence-electron chi connectivity index (χ0n) is 9.06. The Morgan fingerprint density at radius 2 is 2.06 bits per heavy atom. The highest BCUT2D eigenvalue weighted by Gasteiger charge is 2.36. The van der Waals surface area contributed by atoms with Crippen molar-refractivity contribution in [3.63, 3.8) is 0 Å². The molecule has 0 radical (unpaired) electrons. The van der Waals surface area contributed by atoms with Gasteiger partial charge in [0.1, 0.15) is 11.4 Å². The molecule has 0 aromatic carbocycles. The molecule has 0 saturated carbocycles. The SMILES string of the molecule is O=S(=O)(c1cccnc1)N(CCBr)CC(F)(F)F. The normalized spacial score (nSPS) is 12.9. The number of hydrogen-bond donors (Lipinski definition) is 0. The molecule has 0 spiro atoms. The van der Waals surface area contributed by atoms with Crippen molar-refractivity contribution in [1.82, 2.24) is 9.29 Å². The van der Waals surface area contributed by atoms with Crippen molar-refractivity contribution in [3.8, 4) is 0 Å². The lowest BCUT2D eigenvalue weighted by atomic mass is 10.5. The Kier molecular flexibility index (Phi) is 5.11. The molecule has 4 nitrogen and oxygen atoms in total. The van der Waals surface area contributed by atoms with Gasteiger partial charge in [0.2, 0.25) is 10.0 Å². The average Bonchev–Trinajstić information content (AvgIpc) is 2.28. The summed E-state index contributed by atoms with van der Waals surface area (Å²) in [6, 6.07) is 2.56. The number of hydrogen-bond acceptors (Lipinski definition) is 3. The van der Waals surface area contributed by atoms with Gasteiger partial charge in [-0.2, -0.15) is 17.5 Å². The summed E-state index contributed by atoms with van der Waals surface area (Å²) in [5.74, 6) is 0. The highest BCUT2D eigenvalue weighted by atomic mass is 79.9. The first-order valence-electron chi connectivity index (χ1n) is 4.80. The van der Waals surface area contributed by atoms with Crippen LogP contribution >= 0.6 is 15.9 Å². The lowest BCUT2D eigenvalue weighted by molar-refractivity contribution is -0.135. The van der Waals surface area contributed by atoms with Gasteiger partial charge in [-0.1, -0.05) is 15.9 Å². The van der Waals surface area contributed by atoms with E-state index in [-0.39, 0.29) is 16.8 Å². The van der Waals surface area contributed by atoms with Gasteiger partial charge in [-0.25, -0.2) is 8.42 Å². The van der Waals surface area contributed by atoms with Crippen LogP contribution in [0.25, 0.3) is 0 Å². The van der Waals surface area contributed by atoms with Gasteiger partial charge in [-0.15, -0.1) is 0 Å². The summed E-state index contributed by atoms with van der Waals surface area (Å²) in [5, 5.41) is 0.114. The van der Waals surface area contributed by atoms with E-state index in [4.69, 9.17) is 0 Å². The number of sulfonamides is 1. The smallest absolute Gasteiger partial charge is 0.263 e. The van der Waals surface area contributed by atoms with Crippen LogP contribution in [0.3, 0.4) is 0 Å². The molecule has 0 N–H and O–H groups in total. The summed E-state index contributed by atoms with van der Waals surface area (Å²) < 4.78 is 61.3. The van der Waals surface area contributed by atoms with Gasteiger partial charge >= 0.3 is 6.18 Å². The van der Waals surface area contributed by atoms with Crippen LogP contribution in [0.1, 0.15) is 0 Å². The molecule has 0 atom stereocenters. The summed E-state index contributed by atoms with van der Waals surface area (Å²) in [4.78, 5) is 3.34. The molecular formula is C9H10BrF3N2O2S. The summed E-state index contributed by atoms with van der Waals surface area (Å²) in [7, 11) is -4.18. The summed E-state index contributed by atoms with van der Waals surface area (Å²) in [6.45, 7) is -1.79. The minimum Gasteiger partial charge on any atom is -0.263 e. The van der Waals surface area contributed by atoms with Crippen LogP contribution in [0.2, 0.25) is 0 Å². The lowest BCUT2D eigenvalue weighted by Crippen LogP contribution is -2.40. The summed E-state index contributed by atoms with van der Waals surface area (Å²) in [5.41, 5.74) is 0. The first-order chi connectivity index (χ1) is 8.27. The molecule has 0 unspecified atom stereocenters. The molecule has 1 aromatic rings. The van der Waals surface area contributed by atoms with Crippen molar-refractivity contribution in [2.24, 2.45) is 0 Å². The van der Waals surface area contributed by atoms with Gasteiger partial charge in [0.05, 0.1) is 0 Å². The quantitative estimate of drug-likeness (QED) is 0.766. The molecule has 0 amide bonds. The molecule has 102 valence electrons. The van der Waals surface area contributed by atoms with Gasteiger partial charge in [-0.05, 0) is 12.1 Å². The number of halogens is 4. The fraction of sp³-hybridized carbons (Fsp3) is 0.444. The number of alkyl halides is 4. The molecule has 0 aliphatic heterocycles. The Morgan fingerprint density at radius 3 is 2.50 bits per heavy atom. The van der Waals surface area contributed by atoms with E-state index < -0.39 is 22.7 Å². The van der Waals surface area contributed by atoms with E-state index in [9.17, 15) is 21.6 Å². The van der Waals surface area contributed by atoms with Crippen LogP contribution in [-0.4, -0.2) is 42.3 Å². The maximum atomic E-state index is 12.3. The predicted molar refractivity (Wildman–Crippen MR) is 62.8 cm³/mol. The maximum absolute atomic E-state index is 12.3. The average molecular weight is 347 g/mol. The monoisotopic (exact) mass is 346 g/mol. The lowest BCUT2D eigenvalue weighted by Gasteiger charge is -2.22. The van der Waals surface area contributed by atoms with Crippen LogP contribution in [0.4, 0.5) is 13.2 Å². The second kappa shape index (κ2) is 5.98. The zero-order chi connectivity index (χ0) is 13.8. The van der Waals surface area contributed by atoms with Crippen molar-refractivity contribution < 1.29 is 21.6 Å². The number of rotatable bonds is 5. The van der Waals surface area contributed by atoms with E-state index in [0.29, 0.717) is 4.31 Å². The van der Waals surface area contributed by atoms with E-state index in [1.54, 1.807) is 0 Å². The van der Waals surface area contributed by atoms with Crippen molar-refractivity contribution >= 4 is 26.0 Å². The van der Waals surface area contributed by atoms with Crippen LogP contribution in [0.5, 0.6) is 0 Å². The molecule has 0 aliphatic rings. The third-order valence-electron chi connectivity index (χ3n) is 1.96. The molecule has 0 fully saturated rings. The van der Waals surface area contributed by atoms with Crippen molar-refractivity contribution in [2.45, 2.75) is 11.1 Å². The first kappa shape index (κ1) is 15.4. The molecule has 1 aromatic heterocycles. The molecule has 0 bridgehead atoms. The largest absolute Gasteiger partial charge is 0.402 e. The Morgan fingerprint density at radius 1 is 1.39 bits per heavy atom. The van der Waals surface area contributed by atoms with Gasteiger partial charge in [0, 0.05) is 24.3 Å². The molecule has 9 heteroatoms. The summed E-state index contributed by atoms with van der Waals surface area (Å²) in [6.07, 6.45) is -2.22. The zero-order valence-corrected chi connectivity index (χ0v) is 11.5. The van der Waals surface area contributed by atoms with Crippen LogP contribution in [0.15, 0.2) is 29.4 Å². The second-order valence-electron chi connectivity index (χ2n) is 3.33. The van der Waals surface area contributed by atoms with Crippen molar-refractivity contribution in [2.75, 3.05) is 18.4 Å². The molecule has 0 saturated heterocycles. The Balaban J connectivity index is 3.05. The van der Waals surface area contributed by atoms with Crippen molar-refractivity contribution in [3.05, 3.63) is 24.5 Å². The van der Waals surface area contributed by atoms with E-state index in [2.05, 4.69) is 20.9 Å². The highest BCUT2D eigenvalue weighted by Crippen LogP contribution is 2.22. The predicted octanol–water partition coefficient (Wildman–Crippen LogP) is 2.03. The fourth-order valence-electron chi connectivity index (χ4n) is 1.23. The molecule has 18 heavy (non-hydrogen) atoms. The second-order valence-corrected chi connectivity index (χ2v) is 6.06. The minimum absolute atomic E-state index is 0.114. The number of nitrogens with zero attached hydrogens (tertiary/aromatic N) is 2.